The summed E-state index contributed by atoms with van der Waals surface area (Å²) in [6.45, 7) is 6.08. The maximum absolute atomic E-state index is 13.7. The van der Waals surface area contributed by atoms with Gasteiger partial charge in [0.25, 0.3) is 11.8 Å². The maximum Gasteiger partial charge on any atom is 0.270 e. The van der Waals surface area contributed by atoms with E-state index < -0.39 is 11.8 Å². The van der Waals surface area contributed by atoms with E-state index in [0.717, 1.165) is 11.1 Å². The quantitative estimate of drug-likeness (QED) is 0.175. The first kappa shape index (κ1) is 24.9. The summed E-state index contributed by atoms with van der Waals surface area (Å²) in [5.74, 6) is -0.746. The fourth-order valence-corrected chi connectivity index (χ4v) is 4.68. The number of nitrogens with zero attached hydrogens (tertiary/aromatic N) is 2. The van der Waals surface area contributed by atoms with Crippen LogP contribution in [-0.2, 0) is 9.59 Å². The summed E-state index contributed by atoms with van der Waals surface area (Å²) in [6.07, 6.45) is 1.51. The minimum Gasteiger partial charge on any atom is -0.504 e. The van der Waals surface area contributed by atoms with Crippen LogP contribution in [0, 0.1) is 17.4 Å². The van der Waals surface area contributed by atoms with E-state index in [4.69, 9.17) is 17.0 Å². The number of halogens is 1. The van der Waals surface area contributed by atoms with Gasteiger partial charge in [0.15, 0.2) is 16.6 Å². The summed E-state index contributed by atoms with van der Waals surface area (Å²) < 4.78 is 6.07. The highest BCUT2D eigenvalue weighted by Gasteiger charge is 2.41. The molecule has 4 rings (SSSR count). The predicted molar refractivity (Wildman–Crippen MR) is 150 cm³/mol. The minimum atomic E-state index is -0.520. The molecular formula is C27H23IN2O4S. The number of ether oxygens (including phenoxy) is 1. The van der Waals surface area contributed by atoms with Crippen LogP contribution in [0.15, 0.2) is 66.2 Å². The molecule has 3 aromatic carbocycles. The third kappa shape index (κ3) is 4.94. The van der Waals surface area contributed by atoms with E-state index in [0.29, 0.717) is 27.1 Å². The van der Waals surface area contributed by atoms with Crippen molar-refractivity contribution in [3.05, 3.63) is 86.5 Å². The number of rotatable bonds is 5. The van der Waals surface area contributed by atoms with Crippen molar-refractivity contribution in [2.75, 3.05) is 16.4 Å². The van der Waals surface area contributed by atoms with E-state index in [1.807, 2.05) is 67.6 Å². The van der Waals surface area contributed by atoms with Crippen LogP contribution < -0.4 is 14.5 Å². The normalized spacial score (nSPS) is 13.9. The van der Waals surface area contributed by atoms with Gasteiger partial charge in [-0.1, -0.05) is 35.4 Å². The molecule has 1 aliphatic rings. The van der Waals surface area contributed by atoms with E-state index in [1.165, 1.54) is 15.9 Å². The molecule has 35 heavy (non-hydrogen) atoms. The first-order chi connectivity index (χ1) is 16.7. The van der Waals surface area contributed by atoms with Gasteiger partial charge in [0.1, 0.15) is 5.57 Å². The van der Waals surface area contributed by atoms with Crippen molar-refractivity contribution in [3.63, 3.8) is 0 Å². The van der Waals surface area contributed by atoms with Gasteiger partial charge in [-0.2, -0.15) is 0 Å². The average molecular weight is 598 g/mol. The number of aromatic hydroxyl groups is 1. The second-order valence-electron chi connectivity index (χ2n) is 8.08. The van der Waals surface area contributed by atoms with E-state index in [2.05, 4.69) is 0 Å². The molecular weight excluding hydrogens is 575 g/mol. The molecule has 0 spiro atoms. The van der Waals surface area contributed by atoms with Gasteiger partial charge in [-0.05, 0) is 104 Å². The molecule has 3 aromatic rings. The topological polar surface area (TPSA) is 70.1 Å². The maximum atomic E-state index is 13.7. The van der Waals surface area contributed by atoms with E-state index in [9.17, 15) is 14.7 Å². The van der Waals surface area contributed by atoms with Gasteiger partial charge in [-0.3, -0.25) is 19.4 Å². The zero-order valence-electron chi connectivity index (χ0n) is 19.4. The number of hydrogen-bond acceptors (Lipinski definition) is 5. The first-order valence-corrected chi connectivity index (χ1v) is 12.4. The second kappa shape index (κ2) is 10.2. The molecule has 0 unspecified atom stereocenters. The Labute approximate surface area is 223 Å². The number of thiocarbonyl (C=S) groups is 1. The molecule has 0 aliphatic carbocycles. The standard InChI is InChI=1S/C27H23IN2O4S/c1-4-34-23-15-18(14-22(28)24(23)31)13-21-25(32)29(19-9-5-16(2)6-10-19)27(35)30(26(21)33)20-11-7-17(3)8-12-20/h5-15,31H,4H2,1-3H3. The van der Waals surface area contributed by atoms with Crippen LogP contribution in [0.25, 0.3) is 6.08 Å². The Kier molecular flexibility index (Phi) is 7.23. The Morgan fingerprint density at radius 1 is 0.914 bits per heavy atom. The van der Waals surface area contributed by atoms with Crippen LogP contribution >= 0.6 is 34.8 Å². The Balaban J connectivity index is 1.87. The van der Waals surface area contributed by atoms with Crippen LogP contribution in [0.3, 0.4) is 0 Å². The summed E-state index contributed by atoms with van der Waals surface area (Å²) in [5, 5.41) is 10.4. The molecule has 6 nitrogen and oxygen atoms in total. The van der Waals surface area contributed by atoms with Crippen molar-refractivity contribution in [1.82, 2.24) is 0 Å². The van der Waals surface area contributed by atoms with Crippen molar-refractivity contribution in [2.24, 2.45) is 0 Å². The lowest BCUT2D eigenvalue weighted by molar-refractivity contribution is -0.120. The molecule has 178 valence electrons. The molecule has 0 bridgehead atoms. The number of hydrogen-bond donors (Lipinski definition) is 1. The Morgan fingerprint density at radius 3 is 1.86 bits per heavy atom. The van der Waals surface area contributed by atoms with E-state index in [1.54, 1.807) is 36.4 Å². The van der Waals surface area contributed by atoms with Gasteiger partial charge in [0, 0.05) is 0 Å². The number of carbonyl (C=O) groups is 2. The lowest BCUT2D eigenvalue weighted by Crippen LogP contribution is -2.56. The lowest BCUT2D eigenvalue weighted by Gasteiger charge is -2.36. The summed E-state index contributed by atoms with van der Waals surface area (Å²) in [5.41, 5.74) is 3.70. The van der Waals surface area contributed by atoms with Crippen molar-refractivity contribution < 1.29 is 19.4 Å². The molecule has 0 atom stereocenters. The van der Waals surface area contributed by atoms with Crippen LogP contribution in [0.4, 0.5) is 11.4 Å². The fraction of sp³-hybridized carbons (Fsp3) is 0.148. The smallest absolute Gasteiger partial charge is 0.270 e. The molecule has 2 amide bonds. The molecule has 1 fully saturated rings. The highest BCUT2D eigenvalue weighted by Crippen LogP contribution is 2.35. The molecule has 1 aliphatic heterocycles. The summed E-state index contributed by atoms with van der Waals surface area (Å²) in [6, 6.07) is 18.0. The van der Waals surface area contributed by atoms with Gasteiger partial charge in [-0.25, -0.2) is 0 Å². The fourth-order valence-electron chi connectivity index (χ4n) is 3.68. The number of amides is 2. The van der Waals surface area contributed by atoms with Crippen molar-refractivity contribution >= 4 is 69.2 Å². The number of carbonyl (C=O) groups excluding carboxylic acids is 2. The number of anilines is 2. The van der Waals surface area contributed by atoms with Crippen molar-refractivity contribution in [3.8, 4) is 11.5 Å². The summed E-state index contributed by atoms with van der Waals surface area (Å²) in [7, 11) is 0. The largest absolute Gasteiger partial charge is 0.504 e. The SMILES string of the molecule is CCOc1cc(C=C2C(=O)N(c3ccc(C)cc3)C(=S)N(c3ccc(C)cc3)C2=O)cc(I)c1O. The number of phenolic OH excluding ortho intramolecular Hbond substituents is 1. The third-order valence-electron chi connectivity index (χ3n) is 5.50. The second-order valence-corrected chi connectivity index (χ2v) is 9.60. The number of phenols is 1. The van der Waals surface area contributed by atoms with Crippen LogP contribution in [0.5, 0.6) is 11.5 Å². The number of aryl methyl sites for hydroxylation is 2. The van der Waals surface area contributed by atoms with Gasteiger partial charge >= 0.3 is 0 Å². The molecule has 1 N–H and O–H groups in total. The van der Waals surface area contributed by atoms with Gasteiger partial charge in [0.05, 0.1) is 21.6 Å². The lowest BCUT2D eigenvalue weighted by atomic mass is 10.0. The van der Waals surface area contributed by atoms with Crippen LogP contribution in [0.2, 0.25) is 0 Å². The summed E-state index contributed by atoms with van der Waals surface area (Å²) in [4.78, 5) is 30.1. The molecule has 1 heterocycles. The number of benzene rings is 3. The highest BCUT2D eigenvalue weighted by molar-refractivity contribution is 14.1. The minimum absolute atomic E-state index is 0.0136. The van der Waals surface area contributed by atoms with E-state index >= 15 is 0 Å². The molecule has 0 aromatic heterocycles. The molecule has 0 radical (unpaired) electrons. The zero-order chi connectivity index (χ0) is 25.3. The van der Waals surface area contributed by atoms with Gasteiger partial charge in [0.2, 0.25) is 0 Å². The predicted octanol–water partition coefficient (Wildman–Crippen LogP) is 5.76. The third-order valence-corrected chi connectivity index (χ3v) is 6.68. The Hall–Kier alpha value is -3.24. The first-order valence-electron chi connectivity index (χ1n) is 10.9. The molecule has 1 saturated heterocycles. The highest BCUT2D eigenvalue weighted by atomic mass is 127. The summed E-state index contributed by atoms with van der Waals surface area (Å²) >= 11 is 7.66. The van der Waals surface area contributed by atoms with Gasteiger partial charge in [-0.15, -0.1) is 0 Å². The molecule has 0 saturated carbocycles. The van der Waals surface area contributed by atoms with E-state index in [-0.39, 0.29) is 22.2 Å². The Morgan fingerprint density at radius 2 is 1.40 bits per heavy atom. The molecule has 8 heteroatoms. The van der Waals surface area contributed by atoms with Crippen LogP contribution in [0.1, 0.15) is 23.6 Å². The average Bonchev–Trinajstić information content (AvgIpc) is 2.82. The van der Waals surface area contributed by atoms with Crippen molar-refractivity contribution in [2.45, 2.75) is 20.8 Å². The Bertz CT molecular complexity index is 1280. The van der Waals surface area contributed by atoms with Gasteiger partial charge < -0.3 is 9.84 Å². The van der Waals surface area contributed by atoms with Crippen molar-refractivity contribution in [1.29, 1.82) is 0 Å². The monoisotopic (exact) mass is 598 g/mol. The van der Waals surface area contributed by atoms with Crippen LogP contribution in [-0.4, -0.2) is 28.6 Å². The zero-order valence-corrected chi connectivity index (χ0v) is 22.4.